The number of carboxylic acid groups (broad SMARTS) is 1. The fourth-order valence-corrected chi connectivity index (χ4v) is 4.02. The van der Waals surface area contributed by atoms with Gasteiger partial charge in [0, 0.05) is 0 Å². The molecule has 0 spiro atoms. The number of thioether (sulfide) groups is 1. The van der Waals surface area contributed by atoms with Crippen molar-refractivity contribution in [2.24, 2.45) is 0 Å². The smallest absolute Gasteiger partial charge is 0.342 e. The summed E-state index contributed by atoms with van der Waals surface area (Å²) in [6.45, 7) is 0.621. The molecule has 0 aliphatic carbocycles. The van der Waals surface area contributed by atoms with Gasteiger partial charge in [0.15, 0.2) is 16.7 Å². The Bertz CT molecular complexity index is 1280. The Balaban J connectivity index is 1.26. The fraction of sp³-hybridized carbons (Fsp3) is 0.0833. The zero-order chi connectivity index (χ0) is 21.9. The van der Waals surface area contributed by atoms with Gasteiger partial charge in [-0.15, -0.1) is 0 Å². The lowest BCUT2D eigenvalue weighted by Gasteiger charge is -2.07. The normalized spacial score (nSPS) is 12.8. The SMILES string of the molecule is O=C(O)/C(=C/c1ccc(OCc2ccc3c(c2)OCO3)cc1)Sc1nc2ccccc2[nH]1. The fourth-order valence-electron chi connectivity index (χ4n) is 3.23. The van der Waals surface area contributed by atoms with Crippen LogP contribution in [0.5, 0.6) is 17.2 Å². The first kappa shape index (κ1) is 20.0. The second-order valence-electron chi connectivity index (χ2n) is 7.02. The van der Waals surface area contributed by atoms with Gasteiger partial charge in [-0.1, -0.05) is 30.3 Å². The maximum absolute atomic E-state index is 11.8. The third-order valence-corrected chi connectivity index (χ3v) is 5.70. The van der Waals surface area contributed by atoms with Gasteiger partial charge >= 0.3 is 5.97 Å². The lowest BCUT2D eigenvalue weighted by molar-refractivity contribution is -0.131. The largest absolute Gasteiger partial charge is 0.489 e. The van der Waals surface area contributed by atoms with E-state index in [0.29, 0.717) is 17.5 Å². The summed E-state index contributed by atoms with van der Waals surface area (Å²) in [7, 11) is 0. The van der Waals surface area contributed by atoms with Crippen LogP contribution in [0.25, 0.3) is 17.1 Å². The van der Waals surface area contributed by atoms with Crippen molar-refractivity contribution in [1.29, 1.82) is 0 Å². The maximum Gasteiger partial charge on any atom is 0.342 e. The Labute approximate surface area is 187 Å². The number of hydrogen-bond donors (Lipinski definition) is 2. The van der Waals surface area contributed by atoms with Gasteiger partial charge in [0.05, 0.1) is 11.0 Å². The highest BCUT2D eigenvalue weighted by atomic mass is 32.2. The standard InChI is InChI=1S/C24H18N2O5S/c27-23(28)22(32-24-25-18-3-1-2-4-19(18)26-24)12-15-5-8-17(9-6-15)29-13-16-7-10-20-21(11-16)31-14-30-20/h1-12H,13-14H2,(H,25,26)(H,27,28)/b22-12-. The monoisotopic (exact) mass is 446 g/mol. The number of ether oxygens (including phenoxy) is 3. The molecule has 4 aromatic rings. The van der Waals surface area contributed by atoms with E-state index < -0.39 is 5.97 Å². The van der Waals surface area contributed by atoms with Crippen molar-refractivity contribution in [1.82, 2.24) is 9.97 Å². The lowest BCUT2D eigenvalue weighted by Crippen LogP contribution is -1.97. The number of aliphatic carboxylic acids is 1. The maximum atomic E-state index is 11.8. The van der Waals surface area contributed by atoms with E-state index in [2.05, 4.69) is 9.97 Å². The summed E-state index contributed by atoms with van der Waals surface area (Å²) in [5.74, 6) is 1.12. The number of nitrogens with zero attached hydrogens (tertiary/aromatic N) is 1. The summed E-state index contributed by atoms with van der Waals surface area (Å²) in [6.07, 6.45) is 1.61. The van der Waals surface area contributed by atoms with Gasteiger partial charge in [-0.3, -0.25) is 0 Å². The predicted molar refractivity (Wildman–Crippen MR) is 121 cm³/mol. The molecule has 1 aliphatic heterocycles. The van der Waals surface area contributed by atoms with E-state index in [4.69, 9.17) is 14.2 Å². The van der Waals surface area contributed by atoms with Crippen LogP contribution >= 0.6 is 11.8 Å². The zero-order valence-electron chi connectivity index (χ0n) is 16.8. The first-order chi connectivity index (χ1) is 15.6. The van der Waals surface area contributed by atoms with Crippen molar-refractivity contribution < 1.29 is 24.1 Å². The number of carbonyl (C=O) groups is 1. The molecule has 3 aromatic carbocycles. The van der Waals surface area contributed by atoms with Gasteiger partial charge in [-0.25, -0.2) is 9.78 Å². The highest BCUT2D eigenvalue weighted by Crippen LogP contribution is 2.33. The number of aromatic amines is 1. The van der Waals surface area contributed by atoms with E-state index in [-0.39, 0.29) is 11.7 Å². The second-order valence-corrected chi connectivity index (χ2v) is 8.05. The molecule has 7 nitrogen and oxygen atoms in total. The molecule has 2 heterocycles. The summed E-state index contributed by atoms with van der Waals surface area (Å²) in [6, 6.07) is 20.5. The van der Waals surface area contributed by atoms with Crippen LogP contribution in [0.4, 0.5) is 0 Å². The van der Waals surface area contributed by atoms with Crippen molar-refractivity contribution in [2.45, 2.75) is 11.8 Å². The molecule has 1 aromatic heterocycles. The van der Waals surface area contributed by atoms with Crippen LogP contribution in [0.1, 0.15) is 11.1 Å². The van der Waals surface area contributed by atoms with E-state index in [9.17, 15) is 9.90 Å². The topological polar surface area (TPSA) is 93.7 Å². The van der Waals surface area contributed by atoms with Crippen LogP contribution in [-0.2, 0) is 11.4 Å². The molecule has 2 N–H and O–H groups in total. The Morgan fingerprint density at radius 3 is 2.72 bits per heavy atom. The number of para-hydroxylation sites is 2. The molecule has 0 fully saturated rings. The Kier molecular flexibility index (Phi) is 5.43. The second kappa shape index (κ2) is 8.68. The van der Waals surface area contributed by atoms with Gasteiger partial charge in [-0.05, 0) is 65.4 Å². The van der Waals surface area contributed by atoms with E-state index >= 15 is 0 Å². The minimum atomic E-state index is -1.02. The lowest BCUT2D eigenvalue weighted by atomic mass is 10.2. The molecule has 5 rings (SSSR count). The summed E-state index contributed by atoms with van der Waals surface area (Å²) in [5.41, 5.74) is 3.38. The molecular weight excluding hydrogens is 428 g/mol. The highest BCUT2D eigenvalue weighted by Gasteiger charge is 2.14. The molecule has 160 valence electrons. The molecule has 0 bridgehead atoms. The Hall–Kier alpha value is -3.91. The van der Waals surface area contributed by atoms with E-state index in [1.165, 1.54) is 0 Å². The highest BCUT2D eigenvalue weighted by molar-refractivity contribution is 8.04. The summed E-state index contributed by atoms with van der Waals surface area (Å²) < 4.78 is 16.5. The molecule has 8 heteroatoms. The molecule has 32 heavy (non-hydrogen) atoms. The van der Waals surface area contributed by atoms with Crippen LogP contribution in [0.3, 0.4) is 0 Å². The number of fused-ring (bicyclic) bond motifs is 2. The summed E-state index contributed by atoms with van der Waals surface area (Å²) in [5, 5.41) is 10.2. The number of hydrogen-bond acceptors (Lipinski definition) is 6. The van der Waals surface area contributed by atoms with E-state index in [1.54, 1.807) is 6.08 Å². The quantitative estimate of drug-likeness (QED) is 0.302. The number of imidazole rings is 1. The Morgan fingerprint density at radius 1 is 1.09 bits per heavy atom. The first-order valence-corrected chi connectivity index (χ1v) is 10.6. The number of nitrogens with one attached hydrogen (secondary N) is 1. The number of benzene rings is 3. The van der Waals surface area contributed by atoms with Gasteiger partial charge in [0.25, 0.3) is 0 Å². The average Bonchev–Trinajstić information content (AvgIpc) is 3.44. The van der Waals surface area contributed by atoms with Crippen molar-refractivity contribution in [3.05, 3.63) is 82.8 Å². The van der Waals surface area contributed by atoms with Crippen LogP contribution in [0, 0.1) is 0 Å². The molecule has 0 amide bonds. The van der Waals surface area contributed by atoms with Gasteiger partial charge in [-0.2, -0.15) is 0 Å². The van der Waals surface area contributed by atoms with E-state index in [1.807, 2.05) is 66.7 Å². The van der Waals surface area contributed by atoms with Crippen LogP contribution < -0.4 is 14.2 Å². The van der Waals surface area contributed by atoms with Crippen LogP contribution in [0.2, 0.25) is 0 Å². The van der Waals surface area contributed by atoms with Crippen molar-refractivity contribution in [3.63, 3.8) is 0 Å². The van der Waals surface area contributed by atoms with Crippen molar-refractivity contribution in [2.75, 3.05) is 6.79 Å². The molecule has 0 atom stereocenters. The molecule has 0 radical (unpaired) electrons. The Morgan fingerprint density at radius 2 is 1.91 bits per heavy atom. The third kappa shape index (κ3) is 4.40. The predicted octanol–water partition coefficient (Wildman–Crippen LogP) is 5.09. The molecular formula is C24H18N2O5S. The number of aromatic nitrogens is 2. The number of carboxylic acids is 1. The van der Waals surface area contributed by atoms with Gasteiger partial charge in [0.2, 0.25) is 6.79 Å². The third-order valence-electron chi connectivity index (χ3n) is 4.81. The first-order valence-electron chi connectivity index (χ1n) is 9.83. The molecule has 0 saturated heterocycles. The minimum Gasteiger partial charge on any atom is -0.489 e. The molecule has 0 saturated carbocycles. The van der Waals surface area contributed by atoms with Gasteiger partial charge < -0.3 is 24.3 Å². The molecule has 1 aliphatic rings. The molecule has 0 unspecified atom stereocenters. The van der Waals surface area contributed by atoms with Crippen LogP contribution in [0.15, 0.2) is 76.8 Å². The van der Waals surface area contributed by atoms with E-state index in [0.717, 1.165) is 45.4 Å². The average molecular weight is 446 g/mol. The van der Waals surface area contributed by atoms with Gasteiger partial charge in [0.1, 0.15) is 17.3 Å². The minimum absolute atomic E-state index is 0.165. The zero-order valence-corrected chi connectivity index (χ0v) is 17.6. The van der Waals surface area contributed by atoms with Crippen molar-refractivity contribution in [3.8, 4) is 17.2 Å². The number of rotatable bonds is 7. The summed E-state index contributed by atoms with van der Waals surface area (Å²) in [4.78, 5) is 19.5. The number of H-pyrrole nitrogens is 1. The summed E-state index contributed by atoms with van der Waals surface area (Å²) >= 11 is 1.08. The van der Waals surface area contributed by atoms with Crippen molar-refractivity contribution >= 4 is 34.8 Å². The van der Waals surface area contributed by atoms with Crippen LogP contribution in [-0.4, -0.2) is 27.8 Å².